The van der Waals surface area contributed by atoms with E-state index in [2.05, 4.69) is 10.6 Å². The summed E-state index contributed by atoms with van der Waals surface area (Å²) >= 11 is 0. The van der Waals surface area contributed by atoms with E-state index in [1.165, 1.54) is 4.90 Å². The molecule has 1 aliphatic carbocycles. The molecule has 182 valence electrons. The third-order valence-electron chi connectivity index (χ3n) is 6.56. The lowest BCUT2D eigenvalue weighted by Crippen LogP contribution is -2.56. The molecule has 1 saturated carbocycles. The lowest BCUT2D eigenvalue weighted by Gasteiger charge is -2.30. The Morgan fingerprint density at radius 2 is 2.00 bits per heavy atom. The molecule has 2 fully saturated rings. The van der Waals surface area contributed by atoms with Crippen molar-refractivity contribution in [1.29, 1.82) is 0 Å². The van der Waals surface area contributed by atoms with E-state index in [1.54, 1.807) is 20.8 Å². The molecule has 3 rings (SSSR count). The van der Waals surface area contributed by atoms with Crippen LogP contribution >= 0.6 is 0 Å². The fraction of sp³-hybridized carbons (Fsp3) is 0.739. The van der Waals surface area contributed by atoms with Gasteiger partial charge in [-0.25, -0.2) is 9.59 Å². The maximum absolute atomic E-state index is 13.5. The van der Waals surface area contributed by atoms with Crippen molar-refractivity contribution in [3.05, 3.63) is 12.2 Å². The summed E-state index contributed by atoms with van der Waals surface area (Å²) in [5, 5.41) is 15.2. The summed E-state index contributed by atoms with van der Waals surface area (Å²) in [7, 11) is 1.96. The van der Waals surface area contributed by atoms with E-state index in [0.29, 0.717) is 25.8 Å². The zero-order valence-corrected chi connectivity index (χ0v) is 20.1. The first kappa shape index (κ1) is 25.1. The van der Waals surface area contributed by atoms with Crippen LogP contribution in [0.25, 0.3) is 0 Å². The lowest BCUT2D eigenvalue weighted by molar-refractivity contribution is -0.145. The maximum atomic E-state index is 13.5. The molecular formula is C23H36BN3O6. The number of fused-ring (bicyclic) bond motifs is 2. The average Bonchev–Trinajstić information content (AvgIpc) is 3.25. The predicted octanol–water partition coefficient (Wildman–Crippen LogP) is 1.38. The fourth-order valence-corrected chi connectivity index (χ4v) is 4.76. The van der Waals surface area contributed by atoms with Gasteiger partial charge in [0.25, 0.3) is 0 Å². The third-order valence-corrected chi connectivity index (χ3v) is 6.56. The number of nitrogens with zero attached hydrogens (tertiary/aromatic N) is 1. The van der Waals surface area contributed by atoms with Crippen LogP contribution in [0.15, 0.2) is 12.2 Å². The van der Waals surface area contributed by atoms with Crippen LogP contribution in [0.4, 0.5) is 4.79 Å². The standard InChI is InChI=1S/C23H36BN3O6/c1-22(2,3)33-21(32)25-16-10-8-6-4-5-7-9-14-12-23(14,20(30)31)26-18(28)17-11-15(24)13-27(17)19(16)29/h7,9,14-17H,4-6,8,10-13,24H2,1-3H3,(H,25,32)(H,26,28)(H,30,31)/b9-7-/t14-,15-,16+,17+,23?/m1/s1. The Balaban J connectivity index is 1.83. The van der Waals surface area contributed by atoms with Gasteiger partial charge in [0.1, 0.15) is 31.1 Å². The molecular weight excluding hydrogens is 425 g/mol. The van der Waals surface area contributed by atoms with Crippen LogP contribution in [-0.4, -0.2) is 71.5 Å². The number of carbonyl (C=O) groups excluding carboxylic acids is 3. The highest BCUT2D eigenvalue weighted by molar-refractivity contribution is 6.13. The Bertz CT molecular complexity index is 826. The first-order valence-electron chi connectivity index (χ1n) is 11.9. The highest BCUT2D eigenvalue weighted by Crippen LogP contribution is 2.45. The molecule has 5 atom stereocenters. The quantitative estimate of drug-likeness (QED) is 0.422. The molecule has 0 aromatic heterocycles. The molecule has 0 aromatic rings. The van der Waals surface area contributed by atoms with Gasteiger partial charge in [0.2, 0.25) is 11.8 Å². The predicted molar refractivity (Wildman–Crippen MR) is 124 cm³/mol. The molecule has 0 bridgehead atoms. The zero-order valence-electron chi connectivity index (χ0n) is 20.1. The van der Waals surface area contributed by atoms with Crippen LogP contribution in [0, 0.1) is 5.92 Å². The van der Waals surface area contributed by atoms with Crippen LogP contribution < -0.4 is 10.6 Å². The SMILES string of the molecule is B[C@@H]1C[C@H]2C(=O)NC3(C(=O)O)C[C@H]3/C=C\CCCCC[C@H](NC(=O)OC(C)(C)C)C(=O)N2C1. The number of aliphatic carboxylic acids is 1. The molecule has 0 radical (unpaired) electrons. The van der Waals surface area contributed by atoms with E-state index in [-0.39, 0.29) is 17.6 Å². The molecule has 3 N–H and O–H groups in total. The number of allylic oxidation sites excluding steroid dienone is 1. The number of ether oxygens (including phenoxy) is 1. The summed E-state index contributed by atoms with van der Waals surface area (Å²) in [6.45, 7) is 5.64. The maximum Gasteiger partial charge on any atom is 0.408 e. The van der Waals surface area contributed by atoms with Gasteiger partial charge < -0.3 is 25.4 Å². The highest BCUT2D eigenvalue weighted by Gasteiger charge is 2.61. The van der Waals surface area contributed by atoms with Gasteiger partial charge >= 0.3 is 12.1 Å². The number of hydrogen-bond acceptors (Lipinski definition) is 5. The Morgan fingerprint density at radius 3 is 2.67 bits per heavy atom. The van der Waals surface area contributed by atoms with Crippen molar-refractivity contribution < 1.29 is 29.0 Å². The molecule has 2 heterocycles. The summed E-state index contributed by atoms with van der Waals surface area (Å²) in [6, 6.07) is -1.56. The Morgan fingerprint density at radius 1 is 1.27 bits per heavy atom. The summed E-state index contributed by atoms with van der Waals surface area (Å²) in [5.41, 5.74) is -2.00. The van der Waals surface area contributed by atoms with Crippen molar-refractivity contribution in [3.63, 3.8) is 0 Å². The molecule has 1 unspecified atom stereocenters. The van der Waals surface area contributed by atoms with Crippen LogP contribution in [0.1, 0.15) is 65.7 Å². The van der Waals surface area contributed by atoms with Crippen molar-refractivity contribution in [2.45, 2.75) is 94.8 Å². The van der Waals surface area contributed by atoms with E-state index >= 15 is 0 Å². The molecule has 0 spiro atoms. The smallest absolute Gasteiger partial charge is 0.408 e. The molecule has 3 amide bonds. The third kappa shape index (κ3) is 6.09. The average molecular weight is 461 g/mol. The number of carboxylic acid groups (broad SMARTS) is 1. The van der Waals surface area contributed by atoms with Gasteiger partial charge in [0.15, 0.2) is 0 Å². The van der Waals surface area contributed by atoms with Crippen LogP contribution in [0.5, 0.6) is 0 Å². The monoisotopic (exact) mass is 461 g/mol. The largest absolute Gasteiger partial charge is 0.479 e. The summed E-state index contributed by atoms with van der Waals surface area (Å²) < 4.78 is 5.35. The van der Waals surface area contributed by atoms with Crippen molar-refractivity contribution >= 4 is 31.7 Å². The molecule has 2 aliphatic heterocycles. The number of carbonyl (C=O) groups is 4. The second-order valence-electron chi connectivity index (χ2n) is 10.7. The highest BCUT2D eigenvalue weighted by atomic mass is 16.6. The zero-order chi connectivity index (χ0) is 24.4. The molecule has 9 nitrogen and oxygen atoms in total. The number of amides is 3. The number of hydrogen-bond donors (Lipinski definition) is 3. The van der Waals surface area contributed by atoms with E-state index in [0.717, 1.165) is 25.7 Å². The van der Waals surface area contributed by atoms with Crippen molar-refractivity contribution in [1.82, 2.24) is 15.5 Å². The summed E-state index contributed by atoms with van der Waals surface area (Å²) in [5.74, 6) is -1.98. The molecule has 33 heavy (non-hydrogen) atoms. The number of nitrogens with one attached hydrogen (secondary N) is 2. The Kier molecular flexibility index (Phi) is 7.44. The van der Waals surface area contributed by atoms with Gasteiger partial charge in [0, 0.05) is 12.5 Å². The summed E-state index contributed by atoms with van der Waals surface area (Å²) in [6.07, 6.45) is 7.75. The first-order chi connectivity index (χ1) is 15.4. The minimum Gasteiger partial charge on any atom is -0.479 e. The van der Waals surface area contributed by atoms with E-state index in [9.17, 15) is 24.3 Å². The minimum absolute atomic E-state index is 0.0847. The van der Waals surface area contributed by atoms with Gasteiger partial charge in [-0.2, -0.15) is 0 Å². The van der Waals surface area contributed by atoms with Gasteiger partial charge in [-0.05, 0) is 58.7 Å². The number of alkyl carbamates (subject to hydrolysis) is 1. The van der Waals surface area contributed by atoms with Crippen LogP contribution in [-0.2, 0) is 19.1 Å². The minimum atomic E-state index is -1.30. The molecule has 0 aromatic carbocycles. The van der Waals surface area contributed by atoms with Crippen LogP contribution in [0.3, 0.4) is 0 Å². The fourth-order valence-electron chi connectivity index (χ4n) is 4.76. The summed E-state index contributed by atoms with van der Waals surface area (Å²) in [4.78, 5) is 52.6. The molecule has 10 heteroatoms. The van der Waals surface area contributed by atoms with Crippen LogP contribution in [0.2, 0.25) is 5.82 Å². The van der Waals surface area contributed by atoms with Gasteiger partial charge in [-0.3, -0.25) is 9.59 Å². The topological polar surface area (TPSA) is 125 Å². The van der Waals surface area contributed by atoms with Crippen molar-refractivity contribution in [3.8, 4) is 0 Å². The van der Waals surface area contributed by atoms with E-state index in [4.69, 9.17) is 4.74 Å². The first-order valence-corrected chi connectivity index (χ1v) is 11.9. The van der Waals surface area contributed by atoms with E-state index in [1.807, 2.05) is 20.0 Å². The Labute approximate surface area is 196 Å². The van der Waals surface area contributed by atoms with Crippen molar-refractivity contribution in [2.75, 3.05) is 6.54 Å². The van der Waals surface area contributed by atoms with Gasteiger partial charge in [0.05, 0.1) is 0 Å². The number of carboxylic acids is 1. The lowest BCUT2D eigenvalue weighted by atomic mass is 9.85. The Hall–Kier alpha value is -2.52. The van der Waals surface area contributed by atoms with Gasteiger partial charge in [-0.15, -0.1) is 0 Å². The number of rotatable bonds is 2. The molecule has 3 aliphatic rings. The normalized spacial score (nSPS) is 34.1. The second kappa shape index (κ2) is 9.77. The van der Waals surface area contributed by atoms with Gasteiger partial charge in [-0.1, -0.05) is 25.0 Å². The van der Waals surface area contributed by atoms with E-state index < -0.39 is 41.2 Å². The van der Waals surface area contributed by atoms with Crippen molar-refractivity contribution in [2.24, 2.45) is 5.92 Å². The second-order valence-corrected chi connectivity index (χ2v) is 10.7. The molecule has 1 saturated heterocycles.